The number of pyridine rings is 1. The molecule has 2 aromatic carbocycles. The van der Waals surface area contributed by atoms with E-state index >= 15 is 0 Å². The third-order valence-electron chi connectivity index (χ3n) is 3.85. The van der Waals surface area contributed by atoms with E-state index in [2.05, 4.69) is 20.6 Å². The number of hydrogen-bond acceptors (Lipinski definition) is 5. The number of ether oxygens (including phenoxy) is 1. The van der Waals surface area contributed by atoms with E-state index in [-0.39, 0.29) is 5.91 Å². The first-order valence-electron chi connectivity index (χ1n) is 7.98. The van der Waals surface area contributed by atoms with Crippen LogP contribution in [-0.2, 0) is 7.05 Å². The number of carbonyl (C=O) groups excluding carboxylic acids is 1. The summed E-state index contributed by atoms with van der Waals surface area (Å²) in [7, 11) is 1.81. The van der Waals surface area contributed by atoms with Crippen LogP contribution >= 0.6 is 0 Å². The van der Waals surface area contributed by atoms with Crippen LogP contribution in [-0.4, -0.2) is 25.9 Å². The summed E-state index contributed by atoms with van der Waals surface area (Å²) in [6, 6.07) is 16.0. The molecular formula is C19H15N5O2. The predicted octanol–water partition coefficient (Wildman–Crippen LogP) is 3.41. The molecule has 0 aliphatic carbocycles. The van der Waals surface area contributed by atoms with Crippen LogP contribution in [0.3, 0.4) is 0 Å². The minimum atomic E-state index is -0.224. The molecule has 2 aromatic heterocycles. The molecule has 0 unspecified atom stereocenters. The minimum Gasteiger partial charge on any atom is -0.457 e. The van der Waals surface area contributed by atoms with Crippen molar-refractivity contribution >= 4 is 22.6 Å². The van der Waals surface area contributed by atoms with E-state index in [0.29, 0.717) is 28.3 Å². The van der Waals surface area contributed by atoms with Crippen LogP contribution in [0.4, 0.5) is 5.69 Å². The first-order chi connectivity index (χ1) is 12.7. The quantitative estimate of drug-likeness (QED) is 0.613. The lowest BCUT2D eigenvalue weighted by molar-refractivity contribution is 0.102. The number of nitrogens with zero attached hydrogens (tertiary/aromatic N) is 4. The van der Waals surface area contributed by atoms with Crippen LogP contribution in [0.15, 0.2) is 67.0 Å². The normalized spacial score (nSPS) is 10.7. The van der Waals surface area contributed by atoms with Gasteiger partial charge < -0.3 is 10.1 Å². The Kier molecular flexibility index (Phi) is 4.03. The summed E-state index contributed by atoms with van der Waals surface area (Å²) in [4.78, 5) is 16.5. The van der Waals surface area contributed by atoms with Crippen LogP contribution in [0.2, 0.25) is 0 Å². The van der Waals surface area contributed by atoms with Crippen LogP contribution < -0.4 is 10.1 Å². The number of fused-ring (bicyclic) bond motifs is 1. The molecule has 7 heteroatoms. The van der Waals surface area contributed by atoms with Gasteiger partial charge in [-0.3, -0.25) is 9.78 Å². The lowest BCUT2D eigenvalue weighted by Gasteiger charge is -2.09. The Morgan fingerprint density at radius 2 is 1.88 bits per heavy atom. The first kappa shape index (κ1) is 15.8. The smallest absolute Gasteiger partial charge is 0.255 e. The molecule has 0 saturated carbocycles. The average molecular weight is 345 g/mol. The van der Waals surface area contributed by atoms with Crippen LogP contribution in [0, 0.1) is 0 Å². The monoisotopic (exact) mass is 345 g/mol. The third kappa shape index (κ3) is 3.23. The molecule has 0 bridgehead atoms. The predicted molar refractivity (Wildman–Crippen MR) is 97.2 cm³/mol. The standard InChI is InChI=1S/C19H15N5O2/c1-24-18-6-5-13(11-17(18)22-23-24)19(25)21-14-3-2-4-16(12-14)26-15-7-9-20-10-8-15/h2-12H,1H3,(H,21,25). The van der Waals surface area contributed by atoms with Gasteiger partial charge in [0.2, 0.25) is 0 Å². The van der Waals surface area contributed by atoms with Crippen molar-refractivity contribution in [2.24, 2.45) is 7.05 Å². The van der Waals surface area contributed by atoms with Crippen molar-refractivity contribution in [3.05, 3.63) is 72.6 Å². The van der Waals surface area contributed by atoms with Crippen molar-refractivity contribution < 1.29 is 9.53 Å². The molecule has 0 atom stereocenters. The Balaban J connectivity index is 1.52. The Bertz CT molecular complexity index is 1080. The molecule has 7 nitrogen and oxygen atoms in total. The van der Waals surface area contributed by atoms with Gasteiger partial charge in [-0.1, -0.05) is 11.3 Å². The van der Waals surface area contributed by atoms with Gasteiger partial charge in [0.15, 0.2) is 0 Å². The fourth-order valence-corrected chi connectivity index (χ4v) is 2.56. The molecule has 128 valence electrons. The van der Waals surface area contributed by atoms with E-state index in [9.17, 15) is 4.79 Å². The number of carbonyl (C=O) groups is 1. The van der Waals surface area contributed by atoms with Crippen molar-refractivity contribution in [3.63, 3.8) is 0 Å². The summed E-state index contributed by atoms with van der Waals surface area (Å²) in [5, 5.41) is 10.9. The number of benzene rings is 2. The van der Waals surface area contributed by atoms with Crippen LogP contribution in [0.5, 0.6) is 11.5 Å². The number of aryl methyl sites for hydroxylation is 1. The number of nitrogens with one attached hydrogen (secondary N) is 1. The van der Waals surface area contributed by atoms with Crippen molar-refractivity contribution in [2.45, 2.75) is 0 Å². The molecular weight excluding hydrogens is 330 g/mol. The van der Waals surface area contributed by atoms with Crippen molar-refractivity contribution in [1.29, 1.82) is 0 Å². The highest BCUT2D eigenvalue weighted by Crippen LogP contribution is 2.24. The Labute approximate surface area is 149 Å². The van der Waals surface area contributed by atoms with E-state index in [4.69, 9.17) is 4.74 Å². The zero-order valence-electron chi connectivity index (χ0n) is 14.0. The molecule has 1 amide bonds. The van der Waals surface area contributed by atoms with Crippen LogP contribution in [0.1, 0.15) is 10.4 Å². The number of aromatic nitrogens is 4. The zero-order valence-corrected chi connectivity index (χ0v) is 14.0. The molecule has 4 aromatic rings. The summed E-state index contributed by atoms with van der Waals surface area (Å²) < 4.78 is 7.42. The molecule has 0 aliphatic heterocycles. The summed E-state index contributed by atoms with van der Waals surface area (Å²) in [6.07, 6.45) is 3.31. The maximum absolute atomic E-state index is 12.5. The van der Waals surface area contributed by atoms with Gasteiger partial charge in [0.05, 0.1) is 5.52 Å². The second-order valence-corrected chi connectivity index (χ2v) is 5.68. The highest BCUT2D eigenvalue weighted by Gasteiger charge is 2.10. The maximum atomic E-state index is 12.5. The minimum absolute atomic E-state index is 0.224. The number of anilines is 1. The van der Waals surface area contributed by atoms with E-state index in [1.165, 1.54) is 0 Å². The molecule has 26 heavy (non-hydrogen) atoms. The molecule has 4 rings (SSSR count). The average Bonchev–Trinajstić information content (AvgIpc) is 3.03. The van der Waals surface area contributed by atoms with Crippen molar-refractivity contribution in [2.75, 3.05) is 5.32 Å². The van der Waals surface area contributed by atoms with E-state index in [1.54, 1.807) is 53.5 Å². The van der Waals surface area contributed by atoms with Gasteiger partial charge >= 0.3 is 0 Å². The van der Waals surface area contributed by atoms with Gasteiger partial charge in [-0.2, -0.15) is 0 Å². The molecule has 0 aliphatic rings. The van der Waals surface area contributed by atoms with Gasteiger partial charge in [-0.25, -0.2) is 4.68 Å². The highest BCUT2D eigenvalue weighted by molar-refractivity contribution is 6.05. The first-order valence-corrected chi connectivity index (χ1v) is 7.98. The molecule has 1 N–H and O–H groups in total. The Hall–Kier alpha value is -3.74. The lowest BCUT2D eigenvalue weighted by Crippen LogP contribution is -2.11. The summed E-state index contributed by atoms with van der Waals surface area (Å²) in [5.74, 6) is 1.08. The van der Waals surface area contributed by atoms with Gasteiger partial charge in [-0.15, -0.1) is 5.10 Å². The van der Waals surface area contributed by atoms with E-state index in [0.717, 1.165) is 5.52 Å². The molecule has 2 heterocycles. The van der Waals surface area contributed by atoms with Crippen molar-refractivity contribution in [3.8, 4) is 11.5 Å². The molecule has 0 spiro atoms. The summed E-state index contributed by atoms with van der Waals surface area (Å²) in [6.45, 7) is 0. The maximum Gasteiger partial charge on any atom is 0.255 e. The summed E-state index contributed by atoms with van der Waals surface area (Å²) in [5.41, 5.74) is 2.70. The van der Waals surface area contributed by atoms with Gasteiger partial charge in [0, 0.05) is 36.8 Å². The Morgan fingerprint density at radius 1 is 1.04 bits per heavy atom. The molecule has 0 saturated heterocycles. The second kappa shape index (κ2) is 6.64. The number of rotatable bonds is 4. The fourth-order valence-electron chi connectivity index (χ4n) is 2.56. The molecule has 0 fully saturated rings. The third-order valence-corrected chi connectivity index (χ3v) is 3.85. The Morgan fingerprint density at radius 3 is 2.73 bits per heavy atom. The topological polar surface area (TPSA) is 81.9 Å². The lowest BCUT2D eigenvalue weighted by atomic mass is 10.2. The highest BCUT2D eigenvalue weighted by atomic mass is 16.5. The largest absolute Gasteiger partial charge is 0.457 e. The van der Waals surface area contributed by atoms with Gasteiger partial charge in [0.1, 0.15) is 17.0 Å². The van der Waals surface area contributed by atoms with Gasteiger partial charge in [-0.05, 0) is 42.5 Å². The second-order valence-electron chi connectivity index (χ2n) is 5.68. The van der Waals surface area contributed by atoms with E-state index in [1.807, 2.05) is 25.2 Å². The fraction of sp³-hybridized carbons (Fsp3) is 0.0526. The van der Waals surface area contributed by atoms with Gasteiger partial charge in [0.25, 0.3) is 5.91 Å². The molecule has 0 radical (unpaired) electrons. The number of amides is 1. The van der Waals surface area contributed by atoms with Crippen LogP contribution in [0.25, 0.3) is 11.0 Å². The zero-order chi connectivity index (χ0) is 17.9. The summed E-state index contributed by atoms with van der Waals surface area (Å²) >= 11 is 0. The number of hydrogen-bond donors (Lipinski definition) is 1. The van der Waals surface area contributed by atoms with Crippen molar-refractivity contribution in [1.82, 2.24) is 20.0 Å². The van der Waals surface area contributed by atoms with E-state index < -0.39 is 0 Å². The SMILES string of the molecule is Cn1nnc2cc(C(=O)Nc3cccc(Oc4ccncc4)c3)ccc21.